The molecule has 2 aromatic carbocycles. The summed E-state index contributed by atoms with van der Waals surface area (Å²) in [4.78, 5) is 14.2. The Balaban J connectivity index is 0.00000208. The van der Waals surface area contributed by atoms with Gasteiger partial charge in [0.1, 0.15) is 0 Å². The number of amides is 2. The molecule has 2 amide bonds. The third kappa shape index (κ3) is 4.40. The Morgan fingerprint density at radius 1 is 1.04 bits per heavy atom. The summed E-state index contributed by atoms with van der Waals surface area (Å²) in [5.41, 5.74) is 5.25. The number of hydrogen-bond acceptors (Lipinski definition) is 3. The van der Waals surface area contributed by atoms with Crippen molar-refractivity contribution in [1.29, 1.82) is 0 Å². The summed E-state index contributed by atoms with van der Waals surface area (Å²) < 4.78 is 0. The number of fused-ring (bicyclic) bond motifs is 1. The Labute approximate surface area is 148 Å². The van der Waals surface area contributed by atoms with Crippen LogP contribution in [0.3, 0.4) is 0 Å². The maximum atomic E-state index is 12.2. The van der Waals surface area contributed by atoms with E-state index >= 15 is 0 Å². The number of benzene rings is 2. The predicted molar refractivity (Wildman–Crippen MR) is 103 cm³/mol. The molecule has 128 valence electrons. The summed E-state index contributed by atoms with van der Waals surface area (Å²) in [6.45, 7) is 1.89. The third-order valence-electron chi connectivity index (χ3n) is 3.97. The lowest BCUT2D eigenvalue weighted by Gasteiger charge is -2.18. The highest BCUT2D eigenvalue weighted by atomic mass is 35.5. The van der Waals surface area contributed by atoms with Crippen molar-refractivity contribution in [1.82, 2.24) is 5.32 Å². The van der Waals surface area contributed by atoms with Gasteiger partial charge in [-0.2, -0.15) is 0 Å². The molecular formula is C18H23ClN4O. The SMILES string of the molecule is CN(C)c1cccc(NC(=O)Nc2ccc3c(c2)CCNC3)c1.Cl. The van der Waals surface area contributed by atoms with Gasteiger partial charge >= 0.3 is 6.03 Å². The van der Waals surface area contributed by atoms with Gasteiger partial charge in [-0.25, -0.2) is 4.79 Å². The highest BCUT2D eigenvalue weighted by molar-refractivity contribution is 6.00. The van der Waals surface area contributed by atoms with E-state index in [-0.39, 0.29) is 18.4 Å². The van der Waals surface area contributed by atoms with Gasteiger partial charge in [-0.05, 0) is 54.4 Å². The molecule has 24 heavy (non-hydrogen) atoms. The Morgan fingerprint density at radius 3 is 2.54 bits per heavy atom. The topological polar surface area (TPSA) is 56.4 Å². The van der Waals surface area contributed by atoms with Crippen LogP contribution >= 0.6 is 12.4 Å². The van der Waals surface area contributed by atoms with Crippen LogP contribution < -0.4 is 20.9 Å². The Morgan fingerprint density at radius 2 is 1.79 bits per heavy atom. The van der Waals surface area contributed by atoms with Crippen LogP contribution in [-0.4, -0.2) is 26.7 Å². The van der Waals surface area contributed by atoms with Gasteiger partial charge in [0, 0.05) is 37.7 Å². The largest absolute Gasteiger partial charge is 0.378 e. The van der Waals surface area contributed by atoms with E-state index in [1.807, 2.05) is 49.3 Å². The minimum atomic E-state index is -0.227. The molecule has 0 spiro atoms. The molecule has 0 radical (unpaired) electrons. The summed E-state index contributed by atoms with van der Waals surface area (Å²) >= 11 is 0. The third-order valence-corrected chi connectivity index (χ3v) is 3.97. The minimum absolute atomic E-state index is 0. The van der Waals surface area contributed by atoms with Gasteiger partial charge in [-0.3, -0.25) is 0 Å². The quantitative estimate of drug-likeness (QED) is 0.797. The van der Waals surface area contributed by atoms with E-state index in [1.165, 1.54) is 11.1 Å². The monoisotopic (exact) mass is 346 g/mol. The number of carbonyl (C=O) groups is 1. The molecule has 3 N–H and O–H groups in total. The number of nitrogens with zero attached hydrogens (tertiary/aromatic N) is 1. The lowest BCUT2D eigenvalue weighted by atomic mass is 10.0. The molecule has 3 rings (SSSR count). The number of halogens is 1. The highest BCUT2D eigenvalue weighted by Crippen LogP contribution is 2.20. The maximum absolute atomic E-state index is 12.2. The van der Waals surface area contributed by atoms with Crippen LogP contribution in [0.15, 0.2) is 42.5 Å². The predicted octanol–water partition coefficient (Wildman–Crippen LogP) is 3.46. The second kappa shape index (κ2) is 8.04. The van der Waals surface area contributed by atoms with Gasteiger partial charge in [0.25, 0.3) is 0 Å². The lowest BCUT2D eigenvalue weighted by Crippen LogP contribution is -2.24. The van der Waals surface area contributed by atoms with E-state index < -0.39 is 0 Å². The molecule has 5 nitrogen and oxygen atoms in total. The fraction of sp³-hybridized carbons (Fsp3) is 0.278. The first-order valence-electron chi connectivity index (χ1n) is 7.80. The normalized spacial score (nSPS) is 12.6. The number of nitrogens with one attached hydrogen (secondary N) is 3. The van der Waals surface area contributed by atoms with E-state index in [0.717, 1.165) is 36.6 Å². The fourth-order valence-electron chi connectivity index (χ4n) is 2.71. The van der Waals surface area contributed by atoms with Gasteiger partial charge in [0.15, 0.2) is 0 Å². The second-order valence-electron chi connectivity index (χ2n) is 5.93. The molecule has 2 aromatic rings. The highest BCUT2D eigenvalue weighted by Gasteiger charge is 2.10. The van der Waals surface area contributed by atoms with Gasteiger partial charge in [-0.1, -0.05) is 12.1 Å². The van der Waals surface area contributed by atoms with Crippen molar-refractivity contribution in [2.75, 3.05) is 36.2 Å². The molecule has 1 aliphatic rings. The first-order valence-corrected chi connectivity index (χ1v) is 7.80. The molecule has 0 unspecified atom stereocenters. The van der Waals surface area contributed by atoms with Crippen molar-refractivity contribution in [2.24, 2.45) is 0 Å². The van der Waals surface area contributed by atoms with E-state index in [0.29, 0.717) is 0 Å². The maximum Gasteiger partial charge on any atom is 0.323 e. The van der Waals surface area contributed by atoms with E-state index in [4.69, 9.17) is 0 Å². The summed E-state index contributed by atoms with van der Waals surface area (Å²) in [5, 5.41) is 9.13. The molecule has 1 aliphatic heterocycles. The van der Waals surface area contributed by atoms with Crippen molar-refractivity contribution in [3.05, 3.63) is 53.6 Å². The van der Waals surface area contributed by atoms with E-state index in [1.54, 1.807) is 0 Å². The van der Waals surface area contributed by atoms with Crippen molar-refractivity contribution in [3.63, 3.8) is 0 Å². The molecule has 1 heterocycles. The number of rotatable bonds is 3. The van der Waals surface area contributed by atoms with Gasteiger partial charge in [0.2, 0.25) is 0 Å². The summed E-state index contributed by atoms with van der Waals surface area (Å²) in [6, 6.07) is 13.6. The molecule has 6 heteroatoms. The molecule has 0 saturated carbocycles. The first kappa shape index (κ1) is 18.1. The molecular weight excluding hydrogens is 324 g/mol. The van der Waals surface area contributed by atoms with Crippen LogP contribution in [0.25, 0.3) is 0 Å². The Kier molecular flexibility index (Phi) is 6.06. The zero-order chi connectivity index (χ0) is 16.2. The summed E-state index contributed by atoms with van der Waals surface area (Å²) in [7, 11) is 3.95. The number of anilines is 3. The van der Waals surface area contributed by atoms with Crippen molar-refractivity contribution in [3.8, 4) is 0 Å². The fourth-order valence-corrected chi connectivity index (χ4v) is 2.71. The molecule has 0 aliphatic carbocycles. The van der Waals surface area contributed by atoms with Gasteiger partial charge < -0.3 is 20.9 Å². The van der Waals surface area contributed by atoms with Crippen molar-refractivity contribution in [2.45, 2.75) is 13.0 Å². The average molecular weight is 347 g/mol. The number of carbonyl (C=O) groups excluding carboxylic acids is 1. The van der Waals surface area contributed by atoms with Crippen LogP contribution in [0.2, 0.25) is 0 Å². The smallest absolute Gasteiger partial charge is 0.323 e. The molecule has 0 saturated heterocycles. The van der Waals surface area contributed by atoms with Crippen LogP contribution in [0.5, 0.6) is 0 Å². The summed E-state index contributed by atoms with van der Waals surface area (Å²) in [5.74, 6) is 0. The minimum Gasteiger partial charge on any atom is -0.378 e. The van der Waals surface area contributed by atoms with E-state index in [9.17, 15) is 4.79 Å². The Hall–Kier alpha value is -2.24. The standard InChI is InChI=1S/C18H22N4O.ClH/c1-22(2)17-5-3-4-15(11-17)20-18(23)21-16-7-6-14-12-19-9-8-13(14)10-16;/h3-7,10-11,19H,8-9,12H2,1-2H3,(H2,20,21,23);1H. The number of hydrogen-bond donors (Lipinski definition) is 3. The molecule has 0 fully saturated rings. The summed E-state index contributed by atoms with van der Waals surface area (Å²) in [6.07, 6.45) is 0.997. The van der Waals surface area contributed by atoms with Gasteiger partial charge in [0.05, 0.1) is 0 Å². The van der Waals surface area contributed by atoms with Gasteiger partial charge in [-0.15, -0.1) is 12.4 Å². The van der Waals surface area contributed by atoms with Crippen molar-refractivity contribution >= 4 is 35.5 Å². The average Bonchev–Trinajstić information content (AvgIpc) is 2.55. The van der Waals surface area contributed by atoms with E-state index in [2.05, 4.69) is 28.1 Å². The number of urea groups is 1. The zero-order valence-electron chi connectivity index (χ0n) is 13.9. The molecule has 0 aromatic heterocycles. The second-order valence-corrected chi connectivity index (χ2v) is 5.93. The molecule has 0 bridgehead atoms. The lowest BCUT2D eigenvalue weighted by molar-refractivity contribution is 0.262. The van der Waals surface area contributed by atoms with Crippen molar-refractivity contribution < 1.29 is 4.79 Å². The van der Waals surface area contributed by atoms with Crippen LogP contribution in [-0.2, 0) is 13.0 Å². The zero-order valence-corrected chi connectivity index (χ0v) is 14.7. The van der Waals surface area contributed by atoms with Crippen LogP contribution in [0.1, 0.15) is 11.1 Å². The Bertz CT molecular complexity index is 718. The molecule has 0 atom stereocenters. The first-order chi connectivity index (χ1) is 11.1. The van der Waals surface area contributed by atoms with Crippen LogP contribution in [0.4, 0.5) is 21.9 Å². The van der Waals surface area contributed by atoms with Crippen LogP contribution in [0, 0.1) is 0 Å².